The lowest BCUT2D eigenvalue weighted by molar-refractivity contribution is 0.485. The summed E-state index contributed by atoms with van der Waals surface area (Å²) in [6.07, 6.45) is 34.3. The van der Waals surface area contributed by atoms with Crippen molar-refractivity contribution in [1.29, 1.82) is 0 Å². The van der Waals surface area contributed by atoms with E-state index in [1.165, 1.54) is 83.2 Å². The topological polar surface area (TPSA) is 32.2 Å². The van der Waals surface area contributed by atoms with Gasteiger partial charge in [0.15, 0.2) is 0 Å². The highest BCUT2D eigenvalue weighted by atomic mass is 15.1. The molecule has 0 aliphatic heterocycles. The van der Waals surface area contributed by atoms with E-state index in [0.717, 1.165) is 48.2 Å². The van der Waals surface area contributed by atoms with Gasteiger partial charge >= 0.3 is 0 Å². The van der Waals surface area contributed by atoms with Gasteiger partial charge in [-0.15, -0.1) is 0 Å². The van der Waals surface area contributed by atoms with E-state index in [1.54, 1.807) is 11.1 Å². The molecule has 0 bridgehead atoms. The summed E-state index contributed by atoms with van der Waals surface area (Å²) in [6, 6.07) is 56.7. The van der Waals surface area contributed by atoms with E-state index in [4.69, 9.17) is 0 Å². The van der Waals surface area contributed by atoms with Crippen LogP contribution < -0.4 is 26.1 Å². The number of anilines is 3. The maximum absolute atomic E-state index is 3.67. The van der Waals surface area contributed by atoms with Crippen molar-refractivity contribution in [2.45, 2.75) is 79.2 Å². The summed E-state index contributed by atoms with van der Waals surface area (Å²) in [5.74, 6) is 2.68. The van der Waals surface area contributed by atoms with Crippen LogP contribution in [0.1, 0.15) is 89.0 Å². The quantitative estimate of drug-likeness (QED) is 0.151. The molecule has 1 heterocycles. The molecule has 0 radical (unpaired) electrons. The molecule has 2 N–H and O–H groups in total. The molecule has 1 fully saturated rings. The van der Waals surface area contributed by atoms with Gasteiger partial charge in [0, 0.05) is 67.7 Å². The van der Waals surface area contributed by atoms with Crippen molar-refractivity contribution in [2.24, 2.45) is 17.8 Å². The van der Waals surface area contributed by atoms with Crippen molar-refractivity contribution in [3.05, 3.63) is 274 Å². The van der Waals surface area contributed by atoms with E-state index >= 15 is 0 Å². The summed E-state index contributed by atoms with van der Waals surface area (Å²) in [4.78, 5) is 2.29. The SMILES string of the molecule is CC1=Cc2ccccc2C2CC12.CC1C=C(Nc2ccc3ccccc3c2)C=CC1.C\C=c1/c(=C\C=C\N(c2cccc(C)c2)c2ccc3ccccc3c2)n(C2C=CC(NC3=CCCC(C)=C3)=CC2C)c2ccccc12. The molecule has 1 aromatic heterocycles. The van der Waals surface area contributed by atoms with Crippen LogP contribution in [-0.2, 0) is 0 Å². The average molecular weight is 1010 g/mol. The number of nitrogens with zero attached hydrogens (tertiary/aromatic N) is 2. The molecule has 4 nitrogen and oxygen atoms in total. The number of para-hydroxylation sites is 1. The van der Waals surface area contributed by atoms with E-state index in [-0.39, 0.29) is 6.04 Å². The number of hydrogen-bond acceptors (Lipinski definition) is 3. The Morgan fingerprint density at radius 2 is 1.36 bits per heavy atom. The van der Waals surface area contributed by atoms with Gasteiger partial charge in [0.05, 0.1) is 6.04 Å². The maximum Gasteiger partial charge on any atom is 0.0587 e. The van der Waals surface area contributed by atoms with Crippen LogP contribution in [0.5, 0.6) is 0 Å². The van der Waals surface area contributed by atoms with Gasteiger partial charge in [-0.05, 0) is 182 Å². The molecule has 0 saturated heterocycles. The number of rotatable bonds is 9. The van der Waals surface area contributed by atoms with Gasteiger partial charge in [0.2, 0.25) is 0 Å². The predicted molar refractivity (Wildman–Crippen MR) is 331 cm³/mol. The van der Waals surface area contributed by atoms with Crippen LogP contribution >= 0.6 is 0 Å². The fourth-order valence-corrected chi connectivity index (χ4v) is 11.8. The van der Waals surface area contributed by atoms with Crippen LogP contribution in [0.15, 0.2) is 247 Å². The molecule has 0 spiro atoms. The van der Waals surface area contributed by atoms with Crippen LogP contribution in [-0.4, -0.2) is 4.57 Å². The third kappa shape index (κ3) is 11.6. The number of fused-ring (bicyclic) bond motifs is 6. The Morgan fingerprint density at radius 1 is 0.636 bits per heavy atom. The number of allylic oxidation sites excluding steroid dienone is 11. The number of aromatic nitrogens is 1. The van der Waals surface area contributed by atoms with E-state index < -0.39 is 0 Å². The van der Waals surface area contributed by atoms with E-state index in [1.807, 2.05) is 0 Å². The highest BCUT2D eigenvalue weighted by Gasteiger charge is 2.42. The minimum absolute atomic E-state index is 0.185. The highest BCUT2D eigenvalue weighted by Crippen LogP contribution is 2.55. The summed E-state index contributed by atoms with van der Waals surface area (Å²) in [5, 5.41) is 15.9. The standard InChI is InChI=1S/C44H43N3.C17H17N.C12H12/c1-5-40-41-19-8-9-20-44(41)47(42-25-23-37(29-33(42)4)45-36-17-10-13-31(2)27-36)43(40)21-12-26-46(38-18-11-14-32(3)28-38)39-24-22-34-15-6-7-16-35(34)30-39;1-13-5-4-8-16(11-13)18-17-10-9-14-6-2-3-7-15(14)12-17;1-8-6-9-4-2-3-5-10(9)12-7-11(8)12/h5-9,11-12,14-30,33,42,45H,10,13H2,1-4H3;2-4,6-13,18H,5H2,1H3;2-6,11-12H,7H2,1H3/b26-12+,40-5-,43-21+;;. The Morgan fingerprint density at radius 3 is 2.14 bits per heavy atom. The van der Waals surface area contributed by atoms with Gasteiger partial charge < -0.3 is 20.1 Å². The summed E-state index contributed by atoms with van der Waals surface area (Å²) in [6.45, 7) is 13.3. The molecular weight excluding hydrogens is 933 g/mol. The van der Waals surface area contributed by atoms with Gasteiger partial charge in [0.1, 0.15) is 0 Å². The second kappa shape index (κ2) is 22.9. The zero-order valence-corrected chi connectivity index (χ0v) is 45.6. The monoisotopic (exact) mass is 1000 g/mol. The van der Waals surface area contributed by atoms with Crippen LogP contribution in [0.2, 0.25) is 0 Å². The highest BCUT2D eigenvalue weighted by molar-refractivity contribution is 5.88. The zero-order valence-electron chi connectivity index (χ0n) is 45.6. The molecule has 5 unspecified atom stereocenters. The largest absolute Gasteiger partial charge is 0.356 e. The second-order valence-corrected chi connectivity index (χ2v) is 21.8. The molecule has 0 amide bonds. The lowest BCUT2D eigenvalue weighted by Crippen LogP contribution is -2.33. The molecule has 4 heteroatoms. The molecule has 77 heavy (non-hydrogen) atoms. The van der Waals surface area contributed by atoms with Crippen molar-refractivity contribution in [2.75, 3.05) is 10.2 Å². The Balaban J connectivity index is 0.000000168. The summed E-state index contributed by atoms with van der Waals surface area (Å²) < 4.78 is 2.53. The molecule has 1 saturated carbocycles. The Kier molecular flexibility index (Phi) is 15.1. The number of aryl methyl sites for hydroxylation is 1. The smallest absolute Gasteiger partial charge is 0.0587 e. The Labute approximate surface area is 456 Å². The molecule has 13 rings (SSSR count). The lowest BCUT2D eigenvalue weighted by atomic mass is 9.93. The van der Waals surface area contributed by atoms with Crippen LogP contribution in [0.4, 0.5) is 17.1 Å². The average Bonchev–Trinajstić information content (AvgIpc) is 4.26. The van der Waals surface area contributed by atoms with E-state index in [9.17, 15) is 0 Å². The number of nitrogens with one attached hydrogen (secondary N) is 2. The molecule has 7 aromatic carbocycles. The Bertz CT molecular complexity index is 3880. The third-order valence-corrected chi connectivity index (χ3v) is 15.9. The molecule has 8 aromatic rings. The summed E-state index contributed by atoms with van der Waals surface area (Å²) in [5.41, 5.74) is 15.5. The van der Waals surface area contributed by atoms with Gasteiger partial charge in [0.25, 0.3) is 0 Å². The lowest BCUT2D eigenvalue weighted by Gasteiger charge is -2.27. The molecule has 5 atom stereocenters. The predicted octanol–water partition coefficient (Wildman–Crippen LogP) is 17.8. The van der Waals surface area contributed by atoms with Crippen molar-refractivity contribution in [3.63, 3.8) is 0 Å². The van der Waals surface area contributed by atoms with Crippen molar-refractivity contribution in [3.8, 4) is 0 Å². The third-order valence-electron chi connectivity index (χ3n) is 15.9. The maximum atomic E-state index is 3.67. The summed E-state index contributed by atoms with van der Waals surface area (Å²) in [7, 11) is 0. The molecule has 384 valence electrons. The van der Waals surface area contributed by atoms with Crippen LogP contribution in [0.3, 0.4) is 0 Å². The first-order valence-electron chi connectivity index (χ1n) is 27.9. The molecule has 5 aliphatic rings. The van der Waals surface area contributed by atoms with Crippen molar-refractivity contribution >= 4 is 67.7 Å². The summed E-state index contributed by atoms with van der Waals surface area (Å²) >= 11 is 0. The van der Waals surface area contributed by atoms with Crippen molar-refractivity contribution in [1.82, 2.24) is 9.88 Å². The zero-order chi connectivity index (χ0) is 52.8. The molecule has 5 aliphatic carbocycles. The second-order valence-electron chi connectivity index (χ2n) is 21.8. The van der Waals surface area contributed by atoms with Crippen molar-refractivity contribution < 1.29 is 0 Å². The van der Waals surface area contributed by atoms with Gasteiger partial charge in [-0.3, -0.25) is 0 Å². The first kappa shape index (κ1) is 50.8. The van der Waals surface area contributed by atoms with Crippen LogP contribution in [0.25, 0.3) is 50.7 Å². The normalized spacial score (nSPS) is 20.6. The first-order valence-corrected chi connectivity index (χ1v) is 27.9. The van der Waals surface area contributed by atoms with Crippen LogP contribution in [0, 0.1) is 24.7 Å². The molecular formula is C73H72N4. The fourth-order valence-electron chi connectivity index (χ4n) is 11.8. The number of hydrogen-bond donors (Lipinski definition) is 2. The number of benzene rings is 7. The fraction of sp³-hybridized carbons (Fsp3) is 0.205. The van der Waals surface area contributed by atoms with E-state index in [2.05, 4.69) is 298 Å². The van der Waals surface area contributed by atoms with Gasteiger partial charge in [-0.25, -0.2) is 0 Å². The minimum atomic E-state index is 0.185. The Hall–Kier alpha value is -8.34. The first-order chi connectivity index (χ1) is 37.6. The van der Waals surface area contributed by atoms with Gasteiger partial charge in [-0.1, -0.05) is 183 Å². The van der Waals surface area contributed by atoms with Gasteiger partial charge in [-0.2, -0.15) is 0 Å². The minimum Gasteiger partial charge on any atom is -0.356 e. The van der Waals surface area contributed by atoms with E-state index in [0.29, 0.717) is 11.8 Å².